The Kier molecular flexibility index (Phi) is 4.81. The predicted octanol–water partition coefficient (Wildman–Crippen LogP) is 4.10. The summed E-state index contributed by atoms with van der Waals surface area (Å²) in [5, 5.41) is 0. The maximum absolute atomic E-state index is 13.7. The van der Waals surface area contributed by atoms with Crippen LogP contribution in [-0.4, -0.2) is 31.1 Å². The minimum absolute atomic E-state index is 0.0699. The third kappa shape index (κ3) is 2.56. The van der Waals surface area contributed by atoms with Crippen molar-refractivity contribution in [2.24, 2.45) is 28.1 Å². The Labute approximate surface area is 157 Å². The van der Waals surface area contributed by atoms with Crippen molar-refractivity contribution in [1.82, 2.24) is 0 Å². The molecule has 2 saturated carbocycles. The maximum atomic E-state index is 13.7. The van der Waals surface area contributed by atoms with Gasteiger partial charge in [0.1, 0.15) is 12.1 Å². The van der Waals surface area contributed by atoms with Crippen LogP contribution in [0.4, 0.5) is 0 Å². The van der Waals surface area contributed by atoms with Crippen molar-refractivity contribution in [2.45, 2.75) is 58.7 Å². The van der Waals surface area contributed by atoms with Gasteiger partial charge >= 0.3 is 0 Å². The summed E-state index contributed by atoms with van der Waals surface area (Å²) in [6.45, 7) is 15.0. The van der Waals surface area contributed by atoms with Gasteiger partial charge in [-0.1, -0.05) is 26.0 Å². The summed E-state index contributed by atoms with van der Waals surface area (Å²) in [7, 11) is 0. The molecule has 3 aliphatic rings. The van der Waals surface area contributed by atoms with Crippen LogP contribution in [0.15, 0.2) is 25.3 Å². The van der Waals surface area contributed by atoms with Crippen LogP contribution >= 0.6 is 0 Å². The predicted molar refractivity (Wildman–Crippen MR) is 100 cm³/mol. The first-order valence-electron chi connectivity index (χ1n) is 9.77. The van der Waals surface area contributed by atoms with Gasteiger partial charge in [-0.05, 0) is 37.5 Å². The van der Waals surface area contributed by atoms with Crippen molar-refractivity contribution in [3.63, 3.8) is 0 Å². The summed E-state index contributed by atoms with van der Waals surface area (Å²) in [4.78, 5) is 25.2. The number of ether oxygens (including phenoxy) is 2. The molecule has 2 aliphatic carbocycles. The molecule has 0 radical (unpaired) electrons. The molecule has 0 aromatic carbocycles. The minimum Gasteiger partial charge on any atom is -0.347 e. The Balaban J connectivity index is 2.06. The van der Waals surface area contributed by atoms with Crippen molar-refractivity contribution < 1.29 is 19.1 Å². The molecule has 3 fully saturated rings. The van der Waals surface area contributed by atoms with Crippen LogP contribution in [0.3, 0.4) is 0 Å². The lowest BCUT2D eigenvalue weighted by atomic mass is 9.49. The Bertz CT molecular complexity index is 610. The first-order valence-corrected chi connectivity index (χ1v) is 9.77. The zero-order valence-corrected chi connectivity index (χ0v) is 16.4. The van der Waals surface area contributed by atoms with Crippen LogP contribution in [0, 0.1) is 28.1 Å². The zero-order chi connectivity index (χ0) is 19.2. The Morgan fingerprint density at radius 3 is 2.42 bits per heavy atom. The number of ketones is 1. The summed E-state index contributed by atoms with van der Waals surface area (Å²) in [6, 6.07) is 0. The molecule has 3 rings (SSSR count). The van der Waals surface area contributed by atoms with Crippen LogP contribution < -0.4 is 0 Å². The average molecular weight is 360 g/mol. The molecule has 1 aliphatic heterocycles. The van der Waals surface area contributed by atoms with Crippen LogP contribution in [-0.2, 0) is 19.1 Å². The second-order valence-corrected chi connectivity index (χ2v) is 9.03. The highest BCUT2D eigenvalue weighted by Crippen LogP contribution is 2.67. The second kappa shape index (κ2) is 6.42. The van der Waals surface area contributed by atoms with E-state index in [2.05, 4.69) is 27.0 Å². The first kappa shape index (κ1) is 19.5. The summed E-state index contributed by atoms with van der Waals surface area (Å²) in [5.41, 5.74) is -1.61. The fraction of sp³-hybridized carbons (Fsp3) is 0.727. The Morgan fingerprint density at radius 2 is 1.88 bits per heavy atom. The van der Waals surface area contributed by atoms with E-state index in [9.17, 15) is 9.59 Å². The van der Waals surface area contributed by atoms with E-state index in [0.717, 1.165) is 32.0 Å². The molecule has 0 aromatic rings. The number of aldehydes is 1. The molecule has 4 heteroatoms. The van der Waals surface area contributed by atoms with E-state index in [4.69, 9.17) is 9.47 Å². The lowest BCUT2D eigenvalue weighted by Crippen LogP contribution is -2.58. The number of Topliss-reactive ketones (excluding diaryl/α,β-unsaturated/α-hetero) is 1. The Morgan fingerprint density at radius 1 is 1.23 bits per heavy atom. The molecule has 4 nitrogen and oxygen atoms in total. The lowest BCUT2D eigenvalue weighted by molar-refractivity contribution is -0.233. The van der Waals surface area contributed by atoms with Crippen molar-refractivity contribution in [3.05, 3.63) is 25.3 Å². The zero-order valence-electron chi connectivity index (χ0n) is 16.4. The summed E-state index contributed by atoms with van der Waals surface area (Å²) in [6.07, 6.45) is 8.33. The van der Waals surface area contributed by atoms with E-state index in [-0.39, 0.29) is 29.5 Å². The number of hydrogen-bond acceptors (Lipinski definition) is 4. The van der Waals surface area contributed by atoms with E-state index in [1.165, 1.54) is 0 Å². The molecule has 2 unspecified atom stereocenters. The SMILES string of the molecule is C=CC12CC[C@@H](C)[C@@](C)(C(=O)C[C@](C)(C=C)C=O)C1C1(CC2)OCCO1. The third-order valence-electron chi connectivity index (χ3n) is 7.68. The molecule has 0 amide bonds. The molecule has 144 valence electrons. The summed E-state index contributed by atoms with van der Waals surface area (Å²) >= 11 is 0. The summed E-state index contributed by atoms with van der Waals surface area (Å²) < 4.78 is 12.3. The normalized spacial score (nSPS) is 40.6. The Hall–Kier alpha value is -1.26. The highest BCUT2D eigenvalue weighted by molar-refractivity contribution is 5.89. The molecule has 0 N–H and O–H groups in total. The van der Waals surface area contributed by atoms with E-state index >= 15 is 0 Å². The van der Waals surface area contributed by atoms with Gasteiger partial charge in [0.25, 0.3) is 0 Å². The molecule has 5 atom stereocenters. The van der Waals surface area contributed by atoms with Gasteiger partial charge in [-0.15, -0.1) is 13.2 Å². The van der Waals surface area contributed by atoms with Gasteiger partial charge < -0.3 is 14.3 Å². The van der Waals surface area contributed by atoms with Crippen LogP contribution in [0.1, 0.15) is 52.9 Å². The number of carbonyl (C=O) groups is 2. The van der Waals surface area contributed by atoms with Gasteiger partial charge in [-0.3, -0.25) is 4.79 Å². The lowest BCUT2D eigenvalue weighted by Gasteiger charge is -2.55. The molecule has 1 saturated heterocycles. The molecule has 1 spiro atoms. The standard InChI is InChI=1S/C22H32O4/c1-6-19(4,15-23)14-17(24)20(5)16(3)8-9-21(7-2)10-11-22(18(20)21)25-12-13-26-22/h6-7,15-16,18H,1-2,8-14H2,3-5H3/t16-,18?,19+,20+,21?/m1/s1. The van der Waals surface area contributed by atoms with Gasteiger partial charge in [0.05, 0.1) is 13.2 Å². The number of carbonyl (C=O) groups excluding carboxylic acids is 2. The van der Waals surface area contributed by atoms with Crippen LogP contribution in [0.2, 0.25) is 0 Å². The van der Waals surface area contributed by atoms with Gasteiger partial charge in [-0.25, -0.2) is 0 Å². The smallest absolute Gasteiger partial charge is 0.173 e. The van der Waals surface area contributed by atoms with Crippen molar-refractivity contribution in [3.8, 4) is 0 Å². The molecule has 0 aromatic heterocycles. The number of fused-ring (bicyclic) bond motifs is 2. The van der Waals surface area contributed by atoms with Crippen LogP contribution in [0.25, 0.3) is 0 Å². The molecule has 26 heavy (non-hydrogen) atoms. The number of hydrogen-bond donors (Lipinski definition) is 0. The highest BCUT2D eigenvalue weighted by Gasteiger charge is 2.69. The van der Waals surface area contributed by atoms with Gasteiger partial charge in [-0.2, -0.15) is 0 Å². The maximum Gasteiger partial charge on any atom is 0.173 e. The fourth-order valence-electron chi connectivity index (χ4n) is 5.76. The number of rotatable bonds is 6. The molecular formula is C22H32O4. The second-order valence-electron chi connectivity index (χ2n) is 9.03. The molecule has 0 bridgehead atoms. The average Bonchev–Trinajstić information content (AvgIpc) is 3.25. The van der Waals surface area contributed by atoms with Gasteiger partial charge in [0, 0.05) is 29.6 Å². The minimum atomic E-state index is -0.836. The van der Waals surface area contributed by atoms with E-state index < -0.39 is 16.6 Å². The number of allylic oxidation sites excluding steroid dienone is 2. The van der Waals surface area contributed by atoms with Gasteiger partial charge in [0.15, 0.2) is 5.79 Å². The van der Waals surface area contributed by atoms with Crippen molar-refractivity contribution in [2.75, 3.05) is 13.2 Å². The van der Waals surface area contributed by atoms with Crippen molar-refractivity contribution >= 4 is 12.1 Å². The third-order valence-corrected chi connectivity index (χ3v) is 7.68. The quantitative estimate of drug-likeness (QED) is 0.529. The topological polar surface area (TPSA) is 52.6 Å². The van der Waals surface area contributed by atoms with Gasteiger partial charge in [0.2, 0.25) is 0 Å². The van der Waals surface area contributed by atoms with Crippen molar-refractivity contribution in [1.29, 1.82) is 0 Å². The van der Waals surface area contributed by atoms with E-state index in [1.807, 2.05) is 6.08 Å². The molecule has 1 heterocycles. The fourth-order valence-corrected chi connectivity index (χ4v) is 5.76. The largest absolute Gasteiger partial charge is 0.347 e. The highest BCUT2D eigenvalue weighted by atomic mass is 16.7. The van der Waals surface area contributed by atoms with Crippen LogP contribution in [0.5, 0.6) is 0 Å². The van der Waals surface area contributed by atoms with E-state index in [1.54, 1.807) is 13.0 Å². The van der Waals surface area contributed by atoms with E-state index in [0.29, 0.717) is 13.2 Å². The summed E-state index contributed by atoms with van der Waals surface area (Å²) in [5.74, 6) is -0.467. The monoisotopic (exact) mass is 360 g/mol. The molecular weight excluding hydrogens is 328 g/mol. The first-order chi connectivity index (χ1) is 12.2.